The van der Waals surface area contributed by atoms with Crippen LogP contribution in [0.1, 0.15) is 18.0 Å². The third-order valence-corrected chi connectivity index (χ3v) is 3.78. The fourth-order valence-corrected chi connectivity index (χ4v) is 2.59. The van der Waals surface area contributed by atoms with Gasteiger partial charge in [-0.3, -0.25) is 4.79 Å². The van der Waals surface area contributed by atoms with E-state index in [0.717, 1.165) is 13.1 Å². The van der Waals surface area contributed by atoms with E-state index in [1.165, 1.54) is 5.56 Å². The standard InChI is InChI=1S/C16H22N2O/c1-4-13-10-16(19)18(11-13)12-15(17(2)3)14-8-6-5-7-9-14/h4-9,13,15H,1,10-12H2,2-3H3. The minimum atomic E-state index is 0.243. The van der Waals surface area contributed by atoms with E-state index in [1.807, 2.05) is 29.2 Å². The smallest absolute Gasteiger partial charge is 0.223 e. The highest BCUT2D eigenvalue weighted by Crippen LogP contribution is 2.24. The summed E-state index contributed by atoms with van der Waals surface area (Å²) >= 11 is 0. The van der Waals surface area contributed by atoms with Gasteiger partial charge in [-0.1, -0.05) is 36.4 Å². The molecule has 0 aromatic heterocycles. The summed E-state index contributed by atoms with van der Waals surface area (Å²) in [5, 5.41) is 0. The molecule has 0 spiro atoms. The molecule has 3 nitrogen and oxygen atoms in total. The summed E-state index contributed by atoms with van der Waals surface area (Å²) in [6.45, 7) is 5.35. The van der Waals surface area contributed by atoms with E-state index in [2.05, 4.69) is 37.7 Å². The Morgan fingerprint density at radius 2 is 2.11 bits per heavy atom. The first kappa shape index (κ1) is 13.8. The van der Waals surface area contributed by atoms with Crippen molar-refractivity contribution in [3.05, 3.63) is 48.6 Å². The van der Waals surface area contributed by atoms with Gasteiger partial charge in [0.05, 0.1) is 6.04 Å². The molecular weight excluding hydrogens is 236 g/mol. The number of carbonyl (C=O) groups excluding carboxylic acids is 1. The predicted molar refractivity (Wildman–Crippen MR) is 77.8 cm³/mol. The monoisotopic (exact) mass is 258 g/mol. The van der Waals surface area contributed by atoms with Crippen molar-refractivity contribution in [3.8, 4) is 0 Å². The number of nitrogens with zero attached hydrogens (tertiary/aromatic N) is 2. The molecular formula is C16H22N2O. The molecule has 2 atom stereocenters. The van der Waals surface area contributed by atoms with Crippen LogP contribution in [0.2, 0.25) is 0 Å². The van der Waals surface area contributed by atoms with Gasteiger partial charge in [0, 0.05) is 25.4 Å². The van der Waals surface area contributed by atoms with Crippen molar-refractivity contribution in [2.75, 3.05) is 27.2 Å². The molecule has 0 bridgehead atoms. The summed E-state index contributed by atoms with van der Waals surface area (Å²) in [4.78, 5) is 16.1. The quantitative estimate of drug-likeness (QED) is 0.757. The largest absolute Gasteiger partial charge is 0.340 e. The molecule has 1 aliphatic heterocycles. The van der Waals surface area contributed by atoms with E-state index in [0.29, 0.717) is 12.3 Å². The Bertz CT molecular complexity index is 441. The van der Waals surface area contributed by atoms with Gasteiger partial charge in [-0.15, -0.1) is 6.58 Å². The normalized spacial score (nSPS) is 20.9. The van der Waals surface area contributed by atoms with Crippen LogP contribution in [0.4, 0.5) is 0 Å². The average Bonchev–Trinajstić information content (AvgIpc) is 2.77. The number of likely N-dealkylation sites (tertiary alicyclic amines) is 1. The van der Waals surface area contributed by atoms with E-state index in [1.54, 1.807) is 0 Å². The Morgan fingerprint density at radius 3 is 2.63 bits per heavy atom. The lowest BCUT2D eigenvalue weighted by Crippen LogP contribution is -2.35. The molecule has 1 aromatic rings. The third-order valence-electron chi connectivity index (χ3n) is 3.78. The first-order valence-electron chi connectivity index (χ1n) is 6.73. The molecule has 1 fully saturated rings. The Labute approximate surface area is 115 Å². The van der Waals surface area contributed by atoms with Gasteiger partial charge in [0.25, 0.3) is 0 Å². The summed E-state index contributed by atoms with van der Waals surface area (Å²) in [6.07, 6.45) is 2.50. The van der Waals surface area contributed by atoms with Gasteiger partial charge in [0.1, 0.15) is 0 Å². The highest BCUT2D eigenvalue weighted by molar-refractivity contribution is 5.79. The second-order valence-corrected chi connectivity index (χ2v) is 5.39. The number of carbonyl (C=O) groups is 1. The summed E-state index contributed by atoms with van der Waals surface area (Å²) in [7, 11) is 4.12. The van der Waals surface area contributed by atoms with Gasteiger partial charge >= 0.3 is 0 Å². The molecule has 1 amide bonds. The van der Waals surface area contributed by atoms with Crippen LogP contribution < -0.4 is 0 Å². The summed E-state index contributed by atoms with van der Waals surface area (Å²) in [6, 6.07) is 10.6. The van der Waals surface area contributed by atoms with Crippen LogP contribution >= 0.6 is 0 Å². The van der Waals surface area contributed by atoms with Crippen molar-refractivity contribution in [3.63, 3.8) is 0 Å². The molecule has 2 unspecified atom stereocenters. The molecule has 0 N–H and O–H groups in total. The van der Waals surface area contributed by atoms with Crippen molar-refractivity contribution in [2.24, 2.45) is 5.92 Å². The first-order valence-corrected chi connectivity index (χ1v) is 6.73. The Morgan fingerprint density at radius 1 is 1.42 bits per heavy atom. The maximum Gasteiger partial charge on any atom is 0.223 e. The lowest BCUT2D eigenvalue weighted by molar-refractivity contribution is -0.128. The van der Waals surface area contributed by atoms with Gasteiger partial charge in [0.15, 0.2) is 0 Å². The molecule has 0 radical (unpaired) electrons. The zero-order valence-corrected chi connectivity index (χ0v) is 11.7. The molecule has 1 aliphatic rings. The number of rotatable bonds is 5. The van der Waals surface area contributed by atoms with Gasteiger partial charge in [-0.25, -0.2) is 0 Å². The zero-order valence-electron chi connectivity index (χ0n) is 11.7. The fraction of sp³-hybridized carbons (Fsp3) is 0.438. The zero-order chi connectivity index (χ0) is 13.8. The topological polar surface area (TPSA) is 23.6 Å². The molecule has 1 aromatic carbocycles. The van der Waals surface area contributed by atoms with Crippen LogP contribution in [0.25, 0.3) is 0 Å². The number of amides is 1. The minimum absolute atomic E-state index is 0.243. The van der Waals surface area contributed by atoms with Crippen LogP contribution in [0, 0.1) is 5.92 Å². The summed E-state index contributed by atoms with van der Waals surface area (Å²) in [5.74, 6) is 0.554. The lowest BCUT2D eigenvalue weighted by Gasteiger charge is -2.29. The maximum absolute atomic E-state index is 12.0. The first-order chi connectivity index (χ1) is 9.11. The van der Waals surface area contributed by atoms with Gasteiger partial charge in [-0.05, 0) is 19.7 Å². The van der Waals surface area contributed by atoms with E-state index < -0.39 is 0 Å². The molecule has 0 aliphatic carbocycles. The van der Waals surface area contributed by atoms with Gasteiger partial charge in [-0.2, -0.15) is 0 Å². The Kier molecular flexibility index (Phi) is 4.38. The highest BCUT2D eigenvalue weighted by Gasteiger charge is 2.30. The van der Waals surface area contributed by atoms with Crippen LogP contribution in [-0.4, -0.2) is 42.9 Å². The summed E-state index contributed by atoms with van der Waals surface area (Å²) in [5.41, 5.74) is 1.25. The molecule has 2 rings (SSSR count). The second kappa shape index (κ2) is 6.02. The molecule has 1 heterocycles. The van der Waals surface area contributed by atoms with E-state index in [-0.39, 0.29) is 11.9 Å². The molecule has 0 saturated carbocycles. The van der Waals surface area contributed by atoms with E-state index in [9.17, 15) is 4.79 Å². The SMILES string of the molecule is C=CC1CC(=O)N(CC(c2ccccc2)N(C)C)C1. The van der Waals surface area contributed by atoms with Crippen molar-refractivity contribution in [1.82, 2.24) is 9.80 Å². The van der Waals surface area contributed by atoms with Crippen LogP contribution in [-0.2, 0) is 4.79 Å². The maximum atomic E-state index is 12.0. The molecule has 3 heteroatoms. The van der Waals surface area contributed by atoms with Gasteiger partial charge in [0.2, 0.25) is 5.91 Å². The van der Waals surface area contributed by atoms with Crippen LogP contribution in [0.15, 0.2) is 43.0 Å². The number of benzene rings is 1. The van der Waals surface area contributed by atoms with Crippen molar-refractivity contribution in [1.29, 1.82) is 0 Å². The number of hydrogen-bond donors (Lipinski definition) is 0. The number of hydrogen-bond acceptors (Lipinski definition) is 2. The minimum Gasteiger partial charge on any atom is -0.340 e. The fourth-order valence-electron chi connectivity index (χ4n) is 2.59. The van der Waals surface area contributed by atoms with E-state index in [4.69, 9.17) is 0 Å². The van der Waals surface area contributed by atoms with Crippen molar-refractivity contribution in [2.45, 2.75) is 12.5 Å². The Hall–Kier alpha value is -1.61. The molecule has 1 saturated heterocycles. The summed E-state index contributed by atoms with van der Waals surface area (Å²) < 4.78 is 0. The predicted octanol–water partition coefficient (Wildman–Crippen LogP) is 2.32. The highest BCUT2D eigenvalue weighted by atomic mass is 16.2. The van der Waals surface area contributed by atoms with E-state index >= 15 is 0 Å². The van der Waals surface area contributed by atoms with Crippen molar-refractivity contribution < 1.29 is 4.79 Å². The second-order valence-electron chi connectivity index (χ2n) is 5.39. The number of likely N-dealkylation sites (N-methyl/N-ethyl adjacent to an activating group) is 1. The molecule has 19 heavy (non-hydrogen) atoms. The van der Waals surface area contributed by atoms with Gasteiger partial charge < -0.3 is 9.80 Å². The van der Waals surface area contributed by atoms with Crippen LogP contribution in [0.3, 0.4) is 0 Å². The van der Waals surface area contributed by atoms with Crippen molar-refractivity contribution >= 4 is 5.91 Å². The Balaban J connectivity index is 2.10. The molecule has 102 valence electrons. The lowest BCUT2D eigenvalue weighted by atomic mass is 10.1. The van der Waals surface area contributed by atoms with Crippen LogP contribution in [0.5, 0.6) is 0 Å². The third kappa shape index (κ3) is 3.24. The average molecular weight is 258 g/mol.